The largest absolute Gasteiger partial charge is 0.494 e. The van der Waals surface area contributed by atoms with Crippen LogP contribution in [0.3, 0.4) is 0 Å². The summed E-state index contributed by atoms with van der Waals surface area (Å²) in [7, 11) is -2.38. The van der Waals surface area contributed by atoms with E-state index in [1.54, 1.807) is 35.6 Å². The molecule has 2 N–H and O–H groups in total. The molecule has 30 heavy (non-hydrogen) atoms. The third kappa shape index (κ3) is 4.15. The number of halogens is 1. The van der Waals surface area contributed by atoms with Crippen molar-refractivity contribution in [2.75, 3.05) is 7.11 Å². The van der Waals surface area contributed by atoms with Crippen LogP contribution >= 0.6 is 22.9 Å². The second-order valence-corrected chi connectivity index (χ2v) is 9.76. The van der Waals surface area contributed by atoms with E-state index in [0.717, 1.165) is 21.6 Å². The predicted octanol–water partition coefficient (Wildman–Crippen LogP) is 4.92. The quantitative estimate of drug-likeness (QED) is 0.443. The number of hydrogen-bond donors (Lipinski definition) is 1. The van der Waals surface area contributed by atoms with Gasteiger partial charge in [-0.2, -0.15) is 15.7 Å². The van der Waals surface area contributed by atoms with E-state index in [9.17, 15) is 12.8 Å². The van der Waals surface area contributed by atoms with E-state index in [1.807, 2.05) is 11.4 Å². The van der Waals surface area contributed by atoms with Gasteiger partial charge in [0.2, 0.25) is 10.0 Å². The minimum Gasteiger partial charge on any atom is -0.494 e. The summed E-state index contributed by atoms with van der Waals surface area (Å²) >= 11 is 2.96. The van der Waals surface area contributed by atoms with Gasteiger partial charge in [-0.15, -0.1) is 0 Å². The Morgan fingerprint density at radius 3 is 2.43 bits per heavy atom. The van der Waals surface area contributed by atoms with Crippen molar-refractivity contribution in [3.63, 3.8) is 0 Å². The van der Waals surface area contributed by atoms with E-state index in [1.165, 1.54) is 36.8 Å². The molecule has 0 bridgehead atoms. The van der Waals surface area contributed by atoms with E-state index < -0.39 is 15.8 Å². The highest BCUT2D eigenvalue weighted by atomic mass is 32.2. The summed E-state index contributed by atoms with van der Waals surface area (Å²) in [6.45, 7) is 0. The van der Waals surface area contributed by atoms with Gasteiger partial charge in [-0.1, -0.05) is 12.1 Å². The lowest BCUT2D eigenvalue weighted by atomic mass is 9.97. The molecule has 0 spiro atoms. The van der Waals surface area contributed by atoms with Crippen LogP contribution in [0.4, 0.5) is 4.39 Å². The van der Waals surface area contributed by atoms with Crippen molar-refractivity contribution in [3.8, 4) is 28.1 Å². The summed E-state index contributed by atoms with van der Waals surface area (Å²) in [6.07, 6.45) is 0.673. The molecule has 2 aromatic carbocycles. The molecule has 0 unspecified atom stereocenters. The first-order chi connectivity index (χ1) is 14.4. The normalized spacial score (nSPS) is 11.6. The monoisotopic (exact) mass is 460 g/mol. The van der Waals surface area contributed by atoms with Gasteiger partial charge in [0.15, 0.2) is 11.6 Å². The van der Waals surface area contributed by atoms with Gasteiger partial charge in [-0.25, -0.2) is 17.9 Å². The molecule has 9 heteroatoms. The standard InChI is InChI=1S/C21H17FN2O3S3/c1-27-18-7-4-15(11-17(18)22)21-20(14-2-5-16(6-3-14)30(23,25)26)19(29-24-21)10-13-8-9-28-12-13/h2-9,11-12H,10H2,1H3,(H2,23,25,26). The average molecular weight is 461 g/mol. The van der Waals surface area contributed by atoms with Crippen molar-refractivity contribution in [2.45, 2.75) is 11.3 Å². The lowest BCUT2D eigenvalue weighted by molar-refractivity contribution is 0.386. The Balaban J connectivity index is 1.85. The van der Waals surface area contributed by atoms with Gasteiger partial charge < -0.3 is 4.74 Å². The first-order valence-electron chi connectivity index (χ1n) is 8.83. The number of primary sulfonamides is 1. The molecule has 0 aliphatic rings. The number of aromatic nitrogens is 1. The van der Waals surface area contributed by atoms with Crippen molar-refractivity contribution in [1.82, 2.24) is 4.37 Å². The smallest absolute Gasteiger partial charge is 0.238 e. The first-order valence-corrected chi connectivity index (χ1v) is 12.1. The van der Waals surface area contributed by atoms with Crippen LogP contribution in [0.25, 0.3) is 22.4 Å². The molecule has 2 heterocycles. The minimum atomic E-state index is -3.79. The number of hydrogen-bond acceptors (Lipinski definition) is 6. The molecular weight excluding hydrogens is 443 g/mol. The number of rotatable bonds is 6. The zero-order valence-corrected chi connectivity index (χ0v) is 18.3. The van der Waals surface area contributed by atoms with Gasteiger partial charge in [-0.05, 0) is 69.8 Å². The van der Waals surface area contributed by atoms with E-state index in [-0.39, 0.29) is 10.6 Å². The maximum atomic E-state index is 14.3. The second kappa shape index (κ2) is 8.27. The lowest BCUT2D eigenvalue weighted by Crippen LogP contribution is -2.11. The number of nitrogens with two attached hydrogens (primary N) is 1. The molecule has 0 amide bonds. The van der Waals surface area contributed by atoms with Crippen LogP contribution in [0.2, 0.25) is 0 Å². The summed E-state index contributed by atoms with van der Waals surface area (Å²) in [5.41, 5.74) is 4.03. The van der Waals surface area contributed by atoms with Gasteiger partial charge >= 0.3 is 0 Å². The molecule has 0 saturated carbocycles. The van der Waals surface area contributed by atoms with Crippen molar-refractivity contribution >= 4 is 32.9 Å². The minimum absolute atomic E-state index is 0.0332. The molecule has 5 nitrogen and oxygen atoms in total. The molecule has 0 fully saturated rings. The molecule has 0 aliphatic heterocycles. The number of nitrogens with zero attached hydrogens (tertiary/aromatic N) is 1. The summed E-state index contributed by atoms with van der Waals surface area (Å²) in [4.78, 5) is 1.04. The Labute approximate surface area is 181 Å². The zero-order valence-electron chi connectivity index (χ0n) is 15.8. The Morgan fingerprint density at radius 2 is 1.83 bits per heavy atom. The van der Waals surface area contributed by atoms with Crippen LogP contribution in [-0.4, -0.2) is 19.9 Å². The van der Waals surface area contributed by atoms with Gasteiger partial charge in [0.1, 0.15) is 0 Å². The van der Waals surface area contributed by atoms with Gasteiger partial charge in [0.25, 0.3) is 0 Å². The molecule has 2 aromatic heterocycles. The van der Waals surface area contributed by atoms with Crippen LogP contribution in [0, 0.1) is 5.82 Å². The van der Waals surface area contributed by atoms with Crippen LogP contribution in [0.1, 0.15) is 10.4 Å². The van der Waals surface area contributed by atoms with Gasteiger partial charge in [0, 0.05) is 22.4 Å². The molecule has 0 radical (unpaired) electrons. The van der Waals surface area contributed by atoms with E-state index in [2.05, 4.69) is 9.75 Å². The van der Waals surface area contributed by atoms with E-state index in [4.69, 9.17) is 9.88 Å². The van der Waals surface area contributed by atoms with Crippen LogP contribution in [-0.2, 0) is 16.4 Å². The first kappa shape index (κ1) is 20.7. The van der Waals surface area contributed by atoms with Crippen LogP contribution < -0.4 is 9.88 Å². The fourth-order valence-corrected chi connectivity index (χ4v) is 5.26. The molecule has 0 saturated heterocycles. The summed E-state index contributed by atoms with van der Waals surface area (Å²) < 4.78 is 47.2. The Morgan fingerprint density at radius 1 is 1.10 bits per heavy atom. The van der Waals surface area contributed by atoms with Crippen molar-refractivity contribution in [1.29, 1.82) is 0 Å². The third-order valence-corrected chi connectivity index (χ3v) is 7.11. The fraction of sp³-hybridized carbons (Fsp3) is 0.0952. The zero-order chi connectivity index (χ0) is 21.3. The number of benzene rings is 2. The van der Waals surface area contributed by atoms with Crippen LogP contribution in [0.5, 0.6) is 5.75 Å². The summed E-state index contributed by atoms with van der Waals surface area (Å²) in [5.74, 6) is -0.315. The molecule has 0 atom stereocenters. The average Bonchev–Trinajstić information content (AvgIpc) is 3.38. The Kier molecular flexibility index (Phi) is 5.70. The summed E-state index contributed by atoms with van der Waals surface area (Å²) in [5, 5.41) is 9.30. The molecular formula is C21H17FN2O3S3. The number of thiophene rings is 1. The fourth-order valence-electron chi connectivity index (χ4n) is 3.14. The van der Waals surface area contributed by atoms with E-state index >= 15 is 0 Å². The molecule has 0 aliphatic carbocycles. The highest BCUT2D eigenvalue weighted by molar-refractivity contribution is 7.89. The SMILES string of the molecule is COc1ccc(-c2nsc(Cc3ccsc3)c2-c2ccc(S(N)(=O)=O)cc2)cc1F. The van der Waals surface area contributed by atoms with Crippen molar-refractivity contribution in [2.24, 2.45) is 5.14 Å². The number of ether oxygens (including phenoxy) is 1. The molecule has 154 valence electrons. The highest BCUT2D eigenvalue weighted by Gasteiger charge is 2.20. The lowest BCUT2D eigenvalue weighted by Gasteiger charge is -2.09. The van der Waals surface area contributed by atoms with Gasteiger partial charge in [-0.3, -0.25) is 0 Å². The number of methoxy groups -OCH3 is 1. The van der Waals surface area contributed by atoms with Crippen molar-refractivity contribution in [3.05, 3.63) is 75.5 Å². The molecule has 4 rings (SSSR count). The Bertz CT molecular complexity index is 1280. The second-order valence-electron chi connectivity index (χ2n) is 6.56. The summed E-state index contributed by atoms with van der Waals surface area (Å²) in [6, 6.07) is 13.1. The van der Waals surface area contributed by atoms with Crippen LogP contribution in [0.15, 0.2) is 64.2 Å². The number of sulfonamides is 1. The highest BCUT2D eigenvalue weighted by Crippen LogP contribution is 2.39. The maximum absolute atomic E-state index is 14.3. The third-order valence-electron chi connectivity index (χ3n) is 4.60. The predicted molar refractivity (Wildman–Crippen MR) is 118 cm³/mol. The molecule has 4 aromatic rings. The van der Waals surface area contributed by atoms with Crippen molar-refractivity contribution < 1.29 is 17.5 Å². The Hall–Kier alpha value is -2.59. The maximum Gasteiger partial charge on any atom is 0.238 e. The van der Waals surface area contributed by atoms with E-state index in [0.29, 0.717) is 17.7 Å². The topological polar surface area (TPSA) is 82.3 Å². The van der Waals surface area contributed by atoms with Gasteiger partial charge in [0.05, 0.1) is 17.7 Å².